The molecule has 126 valence electrons. The minimum atomic E-state index is 0.431. The first-order chi connectivity index (χ1) is 10.3. The topological polar surface area (TPSA) is 21.3 Å². The summed E-state index contributed by atoms with van der Waals surface area (Å²) < 4.78 is 5.94. The van der Waals surface area contributed by atoms with Crippen LogP contribution in [0.2, 0.25) is 0 Å². The minimum Gasteiger partial charge on any atom is -0.380 e. The van der Waals surface area contributed by atoms with E-state index in [0.717, 1.165) is 12.5 Å². The molecule has 0 aromatic heterocycles. The largest absolute Gasteiger partial charge is 0.380 e. The van der Waals surface area contributed by atoms with Crippen LogP contribution in [0.3, 0.4) is 0 Å². The van der Waals surface area contributed by atoms with Gasteiger partial charge in [-0.2, -0.15) is 0 Å². The molecule has 0 bridgehead atoms. The van der Waals surface area contributed by atoms with E-state index in [0.29, 0.717) is 12.1 Å². The van der Waals surface area contributed by atoms with E-state index in [2.05, 4.69) is 19.2 Å². The van der Waals surface area contributed by atoms with Gasteiger partial charge in [-0.15, -0.1) is 0 Å². The zero-order valence-electron chi connectivity index (χ0n) is 14.8. The van der Waals surface area contributed by atoms with Gasteiger partial charge in [-0.3, -0.25) is 0 Å². The average Bonchev–Trinajstić information content (AvgIpc) is 2.52. The maximum atomic E-state index is 5.94. The zero-order valence-corrected chi connectivity index (χ0v) is 14.8. The highest BCUT2D eigenvalue weighted by Gasteiger charge is 2.29. The van der Waals surface area contributed by atoms with Crippen LogP contribution < -0.4 is 5.32 Å². The molecule has 2 unspecified atom stereocenters. The molecule has 0 spiro atoms. The summed E-state index contributed by atoms with van der Waals surface area (Å²) in [5, 5.41) is 3.71. The van der Waals surface area contributed by atoms with Crippen molar-refractivity contribution >= 4 is 0 Å². The molecule has 1 N–H and O–H groups in total. The van der Waals surface area contributed by atoms with Crippen LogP contribution in [-0.2, 0) is 4.74 Å². The van der Waals surface area contributed by atoms with E-state index in [1.54, 1.807) is 0 Å². The van der Waals surface area contributed by atoms with Gasteiger partial charge >= 0.3 is 0 Å². The summed E-state index contributed by atoms with van der Waals surface area (Å²) in [5.41, 5.74) is 0. The zero-order chi connectivity index (χ0) is 15.3. The molecule has 0 aromatic rings. The lowest BCUT2D eigenvalue weighted by atomic mass is 9.81. The van der Waals surface area contributed by atoms with Gasteiger partial charge in [-0.05, 0) is 31.7 Å². The van der Waals surface area contributed by atoms with E-state index in [1.807, 2.05) is 7.11 Å². The SMILES string of the molecule is CCCCCCCCC(NCC)C(OC)C1CCCCC1. The van der Waals surface area contributed by atoms with Crippen molar-refractivity contribution in [3.63, 3.8) is 0 Å². The quantitative estimate of drug-likeness (QED) is 0.493. The molecule has 1 aliphatic rings. The van der Waals surface area contributed by atoms with E-state index >= 15 is 0 Å². The number of likely N-dealkylation sites (N-methyl/N-ethyl adjacent to an activating group) is 1. The van der Waals surface area contributed by atoms with Crippen LogP contribution in [0.25, 0.3) is 0 Å². The van der Waals surface area contributed by atoms with Gasteiger partial charge in [0.1, 0.15) is 0 Å². The van der Waals surface area contributed by atoms with Gasteiger partial charge in [0, 0.05) is 13.2 Å². The Morgan fingerprint density at radius 3 is 2.24 bits per heavy atom. The Bertz CT molecular complexity index is 226. The summed E-state index contributed by atoms with van der Waals surface area (Å²) in [7, 11) is 1.92. The lowest BCUT2D eigenvalue weighted by molar-refractivity contribution is 0.00588. The van der Waals surface area contributed by atoms with Crippen molar-refractivity contribution in [1.29, 1.82) is 0 Å². The van der Waals surface area contributed by atoms with Crippen molar-refractivity contribution in [2.75, 3.05) is 13.7 Å². The van der Waals surface area contributed by atoms with Crippen molar-refractivity contribution in [2.45, 2.75) is 103 Å². The summed E-state index contributed by atoms with van der Waals surface area (Å²) in [6, 6.07) is 0.564. The van der Waals surface area contributed by atoms with E-state index in [9.17, 15) is 0 Å². The van der Waals surface area contributed by atoms with Gasteiger partial charge in [0.15, 0.2) is 0 Å². The van der Waals surface area contributed by atoms with E-state index in [1.165, 1.54) is 77.0 Å². The van der Waals surface area contributed by atoms with Gasteiger partial charge in [0.2, 0.25) is 0 Å². The molecule has 2 nitrogen and oxygen atoms in total. The van der Waals surface area contributed by atoms with Gasteiger partial charge < -0.3 is 10.1 Å². The van der Waals surface area contributed by atoms with Gasteiger partial charge in [-0.1, -0.05) is 71.6 Å². The first kappa shape index (κ1) is 19.0. The molecule has 1 saturated carbocycles. The molecule has 0 aromatic carbocycles. The third-order valence-electron chi connectivity index (χ3n) is 5.12. The predicted molar refractivity (Wildman–Crippen MR) is 92.8 cm³/mol. The standard InChI is InChI=1S/C19H39NO/c1-4-6-7-8-9-13-16-18(20-5-2)19(21-3)17-14-11-10-12-15-17/h17-20H,4-16H2,1-3H3. The second kappa shape index (κ2) is 12.5. The second-order valence-corrected chi connectivity index (χ2v) is 6.82. The third-order valence-corrected chi connectivity index (χ3v) is 5.12. The van der Waals surface area contributed by atoms with E-state index in [-0.39, 0.29) is 0 Å². The van der Waals surface area contributed by atoms with Crippen molar-refractivity contribution in [1.82, 2.24) is 5.32 Å². The van der Waals surface area contributed by atoms with Crippen molar-refractivity contribution in [3.05, 3.63) is 0 Å². The molecule has 2 atom stereocenters. The molecule has 1 rings (SSSR count). The number of nitrogens with one attached hydrogen (secondary N) is 1. The molecule has 0 heterocycles. The van der Waals surface area contributed by atoms with Gasteiger partial charge in [0.05, 0.1) is 6.10 Å². The number of unbranched alkanes of at least 4 members (excludes halogenated alkanes) is 5. The Kier molecular flexibility index (Phi) is 11.3. The van der Waals surface area contributed by atoms with E-state index < -0.39 is 0 Å². The Hall–Kier alpha value is -0.0800. The van der Waals surface area contributed by atoms with Crippen LogP contribution >= 0.6 is 0 Å². The molecule has 2 heteroatoms. The maximum absolute atomic E-state index is 5.94. The number of hydrogen-bond acceptors (Lipinski definition) is 2. The highest BCUT2D eigenvalue weighted by atomic mass is 16.5. The maximum Gasteiger partial charge on any atom is 0.0752 e. The molecule has 21 heavy (non-hydrogen) atoms. The van der Waals surface area contributed by atoms with Gasteiger partial charge in [-0.25, -0.2) is 0 Å². The fraction of sp³-hybridized carbons (Fsp3) is 1.00. The fourth-order valence-corrected chi connectivity index (χ4v) is 3.94. The lowest BCUT2D eigenvalue weighted by Gasteiger charge is -2.35. The molecule has 0 saturated heterocycles. The average molecular weight is 298 g/mol. The smallest absolute Gasteiger partial charge is 0.0752 e. The number of rotatable bonds is 12. The summed E-state index contributed by atoms with van der Waals surface area (Å²) in [6.45, 7) is 5.57. The summed E-state index contributed by atoms with van der Waals surface area (Å²) in [4.78, 5) is 0. The van der Waals surface area contributed by atoms with Crippen LogP contribution in [0.5, 0.6) is 0 Å². The van der Waals surface area contributed by atoms with Crippen LogP contribution in [-0.4, -0.2) is 25.8 Å². The number of methoxy groups -OCH3 is 1. The monoisotopic (exact) mass is 297 g/mol. The molecule has 0 aliphatic heterocycles. The van der Waals surface area contributed by atoms with Crippen LogP contribution in [0.1, 0.15) is 90.9 Å². The van der Waals surface area contributed by atoms with E-state index in [4.69, 9.17) is 4.74 Å². The predicted octanol–water partition coefficient (Wildman–Crippen LogP) is 5.31. The minimum absolute atomic E-state index is 0.431. The molecular formula is C19H39NO. The Labute approximate surface area is 133 Å². The van der Waals surface area contributed by atoms with Crippen LogP contribution in [0, 0.1) is 5.92 Å². The van der Waals surface area contributed by atoms with Crippen LogP contribution in [0.15, 0.2) is 0 Å². The Balaban J connectivity index is 2.34. The molecule has 0 radical (unpaired) electrons. The summed E-state index contributed by atoms with van der Waals surface area (Å²) >= 11 is 0. The molecule has 1 fully saturated rings. The highest BCUT2D eigenvalue weighted by molar-refractivity contribution is 4.84. The fourth-order valence-electron chi connectivity index (χ4n) is 3.94. The first-order valence-electron chi connectivity index (χ1n) is 9.59. The first-order valence-corrected chi connectivity index (χ1v) is 9.59. The van der Waals surface area contributed by atoms with Crippen LogP contribution in [0.4, 0.5) is 0 Å². The van der Waals surface area contributed by atoms with Crippen molar-refractivity contribution < 1.29 is 4.74 Å². The molecule has 0 amide bonds. The summed E-state index contributed by atoms with van der Waals surface area (Å²) in [5.74, 6) is 0.785. The summed E-state index contributed by atoms with van der Waals surface area (Å²) in [6.07, 6.45) is 17.0. The van der Waals surface area contributed by atoms with Crippen molar-refractivity contribution in [2.24, 2.45) is 5.92 Å². The Morgan fingerprint density at radius 2 is 1.62 bits per heavy atom. The van der Waals surface area contributed by atoms with Crippen molar-refractivity contribution in [3.8, 4) is 0 Å². The molecule has 1 aliphatic carbocycles. The third kappa shape index (κ3) is 7.65. The molecular weight excluding hydrogens is 258 g/mol. The van der Waals surface area contributed by atoms with Gasteiger partial charge in [0.25, 0.3) is 0 Å². The number of ether oxygens (including phenoxy) is 1. The second-order valence-electron chi connectivity index (χ2n) is 6.82. The highest BCUT2D eigenvalue weighted by Crippen LogP contribution is 2.30. The lowest BCUT2D eigenvalue weighted by Crippen LogP contribution is -2.45. The Morgan fingerprint density at radius 1 is 0.952 bits per heavy atom. The number of hydrogen-bond donors (Lipinski definition) is 1. The normalized spacial score (nSPS) is 19.6.